The molecule has 0 spiro atoms. The van der Waals surface area contributed by atoms with Gasteiger partial charge in [0.05, 0.1) is 12.2 Å². The van der Waals surface area contributed by atoms with Gasteiger partial charge in [-0.25, -0.2) is 19.2 Å². The first-order valence-corrected chi connectivity index (χ1v) is 16.5. The molecule has 0 aliphatic carbocycles. The lowest BCUT2D eigenvalue weighted by Gasteiger charge is -2.17. The van der Waals surface area contributed by atoms with E-state index in [0.29, 0.717) is 33.8 Å². The Morgan fingerprint density at radius 3 is 1.38 bits per heavy atom. The molecule has 0 aliphatic heterocycles. The fraction of sp³-hybridized carbons (Fsp3) is 0.0870. The van der Waals surface area contributed by atoms with E-state index < -0.39 is 23.9 Å². The van der Waals surface area contributed by atoms with E-state index in [4.69, 9.17) is 23.7 Å². The summed E-state index contributed by atoms with van der Waals surface area (Å²) in [5.74, 6) is 16.2. The highest BCUT2D eigenvalue weighted by atomic mass is 16.6. The van der Waals surface area contributed by atoms with Crippen LogP contribution in [0, 0.1) is 35.5 Å². The van der Waals surface area contributed by atoms with Crippen molar-refractivity contribution in [2.24, 2.45) is 0 Å². The van der Waals surface area contributed by atoms with Gasteiger partial charge in [0.15, 0.2) is 17.2 Å². The molecule has 9 heteroatoms. The van der Waals surface area contributed by atoms with Crippen LogP contribution in [0.3, 0.4) is 0 Å². The molecular formula is C46H34O9. The molecular weight excluding hydrogens is 696 g/mol. The number of ether oxygens (including phenoxy) is 5. The summed E-state index contributed by atoms with van der Waals surface area (Å²) in [6.45, 7) is 19.0. The molecule has 272 valence electrons. The maximum atomic E-state index is 12.9. The fourth-order valence-corrected chi connectivity index (χ4v) is 4.24. The van der Waals surface area contributed by atoms with Crippen LogP contribution in [-0.4, -0.2) is 30.5 Å². The quantitative estimate of drug-likeness (QED) is 0.0712. The van der Waals surface area contributed by atoms with Gasteiger partial charge in [-0.15, -0.1) is 0 Å². The number of esters is 4. The topological polar surface area (TPSA) is 114 Å². The second kappa shape index (κ2) is 19.2. The number of hydrogen-bond acceptors (Lipinski definition) is 9. The van der Waals surface area contributed by atoms with Crippen molar-refractivity contribution in [2.45, 2.75) is 20.8 Å². The molecule has 55 heavy (non-hydrogen) atoms. The maximum absolute atomic E-state index is 12.9. The van der Waals surface area contributed by atoms with Gasteiger partial charge in [0.2, 0.25) is 0 Å². The zero-order valence-electron chi connectivity index (χ0n) is 30.4. The second-order valence-corrected chi connectivity index (χ2v) is 11.4. The van der Waals surface area contributed by atoms with Crippen LogP contribution in [0.15, 0.2) is 128 Å². The molecule has 0 fully saturated rings. The summed E-state index contributed by atoms with van der Waals surface area (Å²) in [7, 11) is 0. The van der Waals surface area contributed by atoms with Crippen molar-refractivity contribution in [3.8, 4) is 64.3 Å². The molecule has 0 unspecified atom stereocenters. The van der Waals surface area contributed by atoms with Crippen molar-refractivity contribution < 1.29 is 42.9 Å². The lowest BCUT2D eigenvalue weighted by Crippen LogP contribution is -2.14. The minimum atomic E-state index is -0.744. The molecule has 0 bridgehead atoms. The van der Waals surface area contributed by atoms with Crippen LogP contribution in [-0.2, 0) is 19.2 Å². The van der Waals surface area contributed by atoms with Crippen molar-refractivity contribution in [2.75, 3.05) is 6.61 Å². The van der Waals surface area contributed by atoms with Crippen molar-refractivity contribution in [3.63, 3.8) is 0 Å². The lowest BCUT2D eigenvalue weighted by molar-refractivity contribution is -0.131. The van der Waals surface area contributed by atoms with E-state index >= 15 is 0 Å². The van der Waals surface area contributed by atoms with Gasteiger partial charge in [-0.3, -0.25) is 0 Å². The summed E-state index contributed by atoms with van der Waals surface area (Å²) >= 11 is 0. The van der Waals surface area contributed by atoms with Crippen LogP contribution >= 0.6 is 0 Å². The van der Waals surface area contributed by atoms with E-state index in [2.05, 4.69) is 61.8 Å². The van der Waals surface area contributed by atoms with E-state index in [1.807, 2.05) is 0 Å². The van der Waals surface area contributed by atoms with Crippen LogP contribution < -0.4 is 23.7 Å². The minimum Gasteiger partial charge on any atom is -0.489 e. The van der Waals surface area contributed by atoms with E-state index in [1.54, 1.807) is 79.7 Å². The van der Waals surface area contributed by atoms with Crippen LogP contribution in [0.4, 0.5) is 0 Å². The summed E-state index contributed by atoms with van der Waals surface area (Å²) in [5, 5.41) is 0. The first-order valence-electron chi connectivity index (χ1n) is 16.5. The van der Waals surface area contributed by atoms with Gasteiger partial charge in [-0.1, -0.05) is 61.8 Å². The van der Waals surface area contributed by atoms with Crippen molar-refractivity contribution in [3.05, 3.63) is 162 Å². The summed E-state index contributed by atoms with van der Waals surface area (Å²) in [5.41, 5.74) is 3.04. The first-order chi connectivity index (χ1) is 26.4. The third-order valence-corrected chi connectivity index (χ3v) is 6.97. The standard InChI is InChI=1S/C46H34O9/c1-8-41(47)52-37-24-18-34(19-25-37)16-13-32-11-14-33(15-12-32)22-28-39-40(54-45(49)30(4)5)29-36(43(44(39)51-10-3)55-46(50)31(6)7)23-17-35-20-26-38(27-21-35)53-42(48)9-2/h8-9,11-12,14-15,18-21,24-27,29H,1-2,4,6,10H2,3,5,7H3. The Hall–Kier alpha value is -7.80. The Balaban J connectivity index is 1.77. The highest BCUT2D eigenvalue weighted by Gasteiger charge is 2.24. The number of benzene rings is 4. The van der Waals surface area contributed by atoms with Gasteiger partial charge in [-0.05, 0) is 93.6 Å². The molecule has 0 heterocycles. The number of rotatable bonds is 10. The summed E-state index contributed by atoms with van der Waals surface area (Å²) in [6.07, 6.45) is 2.13. The molecule has 9 nitrogen and oxygen atoms in total. The summed E-state index contributed by atoms with van der Waals surface area (Å²) in [4.78, 5) is 48.7. The highest BCUT2D eigenvalue weighted by molar-refractivity contribution is 5.91. The smallest absolute Gasteiger partial charge is 0.338 e. The van der Waals surface area contributed by atoms with Crippen molar-refractivity contribution in [1.82, 2.24) is 0 Å². The second-order valence-electron chi connectivity index (χ2n) is 11.4. The Kier molecular flexibility index (Phi) is 13.9. The average molecular weight is 731 g/mol. The summed E-state index contributed by atoms with van der Waals surface area (Å²) < 4.78 is 27.7. The number of carbonyl (C=O) groups excluding carboxylic acids is 4. The third-order valence-electron chi connectivity index (χ3n) is 6.97. The number of carbonyl (C=O) groups is 4. The highest BCUT2D eigenvalue weighted by Crippen LogP contribution is 2.41. The van der Waals surface area contributed by atoms with Crippen molar-refractivity contribution >= 4 is 23.9 Å². The molecule has 0 N–H and O–H groups in total. The normalized spacial score (nSPS) is 9.58. The van der Waals surface area contributed by atoms with E-state index in [0.717, 1.165) is 12.2 Å². The fourth-order valence-electron chi connectivity index (χ4n) is 4.24. The van der Waals surface area contributed by atoms with Crippen molar-refractivity contribution in [1.29, 1.82) is 0 Å². The lowest BCUT2D eigenvalue weighted by atomic mass is 10.0. The maximum Gasteiger partial charge on any atom is 0.338 e. The Morgan fingerprint density at radius 2 is 0.964 bits per heavy atom. The van der Waals surface area contributed by atoms with Gasteiger partial charge in [0, 0.05) is 51.6 Å². The van der Waals surface area contributed by atoms with Gasteiger partial charge in [0.1, 0.15) is 17.1 Å². The van der Waals surface area contributed by atoms with Gasteiger partial charge in [-0.2, -0.15) is 0 Å². The molecule has 0 aromatic heterocycles. The van der Waals surface area contributed by atoms with Crippen LogP contribution in [0.2, 0.25) is 0 Å². The van der Waals surface area contributed by atoms with E-state index in [-0.39, 0.29) is 46.1 Å². The average Bonchev–Trinajstić information content (AvgIpc) is 3.18. The molecule has 0 saturated heterocycles. The first kappa shape index (κ1) is 40.0. The predicted octanol–water partition coefficient (Wildman–Crippen LogP) is 7.43. The minimum absolute atomic E-state index is 0.0113. The molecule has 0 aliphatic rings. The molecule has 0 saturated carbocycles. The molecule has 0 radical (unpaired) electrons. The Labute approximate surface area is 319 Å². The monoisotopic (exact) mass is 730 g/mol. The molecule has 0 amide bonds. The Morgan fingerprint density at radius 1 is 0.564 bits per heavy atom. The SMILES string of the molecule is C=CC(=O)Oc1ccc(C#Cc2ccc(C#Cc3c(OC(=O)C(=C)C)cc(C#Cc4ccc(OC(=O)C=C)cc4)c(OC(=O)C(=C)C)c3OCC)cc2)cc1. The van der Waals surface area contributed by atoms with Crippen LogP contribution in [0.25, 0.3) is 0 Å². The van der Waals surface area contributed by atoms with Gasteiger partial charge < -0.3 is 23.7 Å². The molecule has 4 aromatic carbocycles. The molecule has 4 aromatic rings. The van der Waals surface area contributed by atoms with Crippen LogP contribution in [0.5, 0.6) is 28.7 Å². The zero-order chi connectivity index (χ0) is 39.9. The predicted molar refractivity (Wildman–Crippen MR) is 207 cm³/mol. The van der Waals surface area contributed by atoms with Crippen LogP contribution in [0.1, 0.15) is 54.2 Å². The van der Waals surface area contributed by atoms with Gasteiger partial charge in [0.25, 0.3) is 0 Å². The largest absolute Gasteiger partial charge is 0.489 e. The number of hydrogen-bond donors (Lipinski definition) is 0. The third kappa shape index (κ3) is 11.6. The molecule has 4 rings (SSSR count). The van der Waals surface area contributed by atoms with E-state index in [9.17, 15) is 19.2 Å². The molecule has 0 atom stereocenters. The van der Waals surface area contributed by atoms with Gasteiger partial charge >= 0.3 is 23.9 Å². The van der Waals surface area contributed by atoms with E-state index in [1.165, 1.54) is 19.9 Å². The zero-order valence-corrected chi connectivity index (χ0v) is 30.4. The Bertz CT molecular complexity index is 2380. The summed E-state index contributed by atoms with van der Waals surface area (Å²) in [6, 6.07) is 21.6.